The summed E-state index contributed by atoms with van der Waals surface area (Å²) in [5, 5.41) is 0. The zero-order valence-corrected chi connectivity index (χ0v) is 10.4. The van der Waals surface area contributed by atoms with Crippen LogP contribution in [0.5, 0.6) is 0 Å². The molecule has 1 rings (SSSR count). The largest absolute Gasteiger partial charge is 0.458 e. The molecule has 3 nitrogen and oxygen atoms in total. The summed E-state index contributed by atoms with van der Waals surface area (Å²) in [6.07, 6.45) is -1.63. The normalized spacial score (nSPS) is 13.2. The van der Waals surface area contributed by atoms with Crippen LogP contribution in [0.2, 0.25) is 0 Å². The minimum Gasteiger partial charge on any atom is -0.458 e. The number of benzene rings is 1. The van der Waals surface area contributed by atoms with Crippen LogP contribution in [0.1, 0.15) is 26.3 Å². The molecule has 0 bridgehead atoms. The lowest BCUT2D eigenvalue weighted by Gasteiger charge is -2.20. The smallest absolute Gasteiger partial charge is 0.341 e. The van der Waals surface area contributed by atoms with Gasteiger partial charge >= 0.3 is 5.97 Å². The van der Waals surface area contributed by atoms with Gasteiger partial charge in [0.15, 0.2) is 0 Å². The Labute approximate surface area is 101 Å². The van der Waals surface area contributed by atoms with E-state index in [1.54, 1.807) is 45.0 Å². The van der Waals surface area contributed by atoms with Gasteiger partial charge < -0.3 is 10.5 Å². The molecule has 1 atom stereocenters. The number of hydrogen-bond donors (Lipinski definition) is 1. The summed E-state index contributed by atoms with van der Waals surface area (Å²) in [5.41, 5.74) is 6.18. The monoisotopic (exact) mass is 239 g/mol. The molecule has 0 amide bonds. The Morgan fingerprint density at radius 1 is 1.35 bits per heavy atom. The molecule has 0 saturated carbocycles. The number of rotatable bonds is 3. The van der Waals surface area contributed by atoms with E-state index in [-0.39, 0.29) is 6.42 Å². The van der Waals surface area contributed by atoms with Gasteiger partial charge in [0, 0.05) is 12.1 Å². The van der Waals surface area contributed by atoms with Gasteiger partial charge in [-0.05, 0) is 38.5 Å². The van der Waals surface area contributed by atoms with Gasteiger partial charge in [0.25, 0.3) is 0 Å². The first-order valence-corrected chi connectivity index (χ1v) is 5.49. The van der Waals surface area contributed by atoms with Gasteiger partial charge in [0.1, 0.15) is 5.60 Å². The summed E-state index contributed by atoms with van der Waals surface area (Å²) in [7, 11) is 0. The highest BCUT2D eigenvalue weighted by atomic mass is 19.1. The average molecular weight is 239 g/mol. The number of nitrogen functional groups attached to an aromatic ring is 1. The molecule has 1 aromatic rings. The maximum absolute atomic E-state index is 13.6. The lowest BCUT2D eigenvalue weighted by molar-refractivity contribution is -0.160. The second kappa shape index (κ2) is 5.17. The second-order valence-corrected chi connectivity index (χ2v) is 4.95. The van der Waals surface area contributed by atoms with Crippen molar-refractivity contribution in [3.63, 3.8) is 0 Å². The zero-order chi connectivity index (χ0) is 13.1. The van der Waals surface area contributed by atoms with Crippen molar-refractivity contribution in [1.82, 2.24) is 0 Å². The quantitative estimate of drug-likeness (QED) is 0.651. The van der Waals surface area contributed by atoms with Crippen molar-refractivity contribution in [2.45, 2.75) is 39.0 Å². The van der Waals surface area contributed by atoms with Crippen LogP contribution in [-0.4, -0.2) is 17.7 Å². The molecule has 0 heterocycles. The summed E-state index contributed by atoms with van der Waals surface area (Å²) in [6.45, 7) is 5.13. The fraction of sp³-hybridized carbons (Fsp3) is 0.462. The van der Waals surface area contributed by atoms with E-state index in [4.69, 9.17) is 10.5 Å². The Morgan fingerprint density at radius 3 is 2.35 bits per heavy atom. The number of nitrogens with two attached hydrogens (primary N) is 1. The minimum absolute atomic E-state index is 0.00912. The molecular weight excluding hydrogens is 221 g/mol. The molecule has 0 aliphatic carbocycles. The van der Waals surface area contributed by atoms with Crippen LogP contribution in [-0.2, 0) is 16.0 Å². The fourth-order valence-corrected chi connectivity index (χ4v) is 1.31. The van der Waals surface area contributed by atoms with Crippen LogP contribution in [0.4, 0.5) is 10.1 Å². The van der Waals surface area contributed by atoms with E-state index in [0.717, 1.165) is 5.56 Å². The van der Waals surface area contributed by atoms with Crippen molar-refractivity contribution < 1.29 is 13.9 Å². The first-order chi connectivity index (χ1) is 7.78. The predicted octanol–water partition coefficient (Wildman–Crippen LogP) is 2.49. The van der Waals surface area contributed by atoms with E-state index in [2.05, 4.69) is 0 Å². The maximum Gasteiger partial charge on any atom is 0.341 e. The number of carbonyl (C=O) groups is 1. The van der Waals surface area contributed by atoms with E-state index >= 15 is 0 Å². The number of hydrogen-bond acceptors (Lipinski definition) is 3. The van der Waals surface area contributed by atoms with Crippen molar-refractivity contribution in [2.24, 2.45) is 0 Å². The lowest BCUT2D eigenvalue weighted by atomic mass is 10.1. The van der Waals surface area contributed by atoms with Gasteiger partial charge in [-0.3, -0.25) is 0 Å². The lowest BCUT2D eigenvalue weighted by Crippen LogP contribution is -2.30. The molecule has 0 spiro atoms. The third-order valence-electron chi connectivity index (χ3n) is 2.06. The average Bonchev–Trinajstić information content (AvgIpc) is 2.19. The number of carbonyl (C=O) groups excluding carboxylic acids is 1. The van der Waals surface area contributed by atoms with Crippen molar-refractivity contribution in [3.8, 4) is 0 Å². The predicted molar refractivity (Wildman–Crippen MR) is 65.3 cm³/mol. The first-order valence-electron chi connectivity index (χ1n) is 5.49. The van der Waals surface area contributed by atoms with Crippen molar-refractivity contribution in [2.75, 3.05) is 5.73 Å². The third kappa shape index (κ3) is 4.85. The minimum atomic E-state index is -1.64. The fourth-order valence-electron chi connectivity index (χ4n) is 1.31. The van der Waals surface area contributed by atoms with Gasteiger partial charge in [-0.2, -0.15) is 0 Å². The number of esters is 1. The second-order valence-electron chi connectivity index (χ2n) is 4.95. The standard InChI is InChI=1S/C13H18FNO2/c1-13(2,3)17-12(16)11(14)8-9-4-6-10(15)7-5-9/h4-7,11H,8,15H2,1-3H3. The maximum atomic E-state index is 13.6. The Kier molecular flexibility index (Phi) is 4.10. The molecule has 0 aliphatic heterocycles. The summed E-state index contributed by atoms with van der Waals surface area (Å²) < 4.78 is 18.6. The summed E-state index contributed by atoms with van der Waals surface area (Å²) >= 11 is 0. The Morgan fingerprint density at radius 2 is 1.88 bits per heavy atom. The molecule has 2 N–H and O–H groups in total. The first kappa shape index (κ1) is 13.5. The van der Waals surface area contributed by atoms with E-state index in [1.165, 1.54) is 0 Å². The van der Waals surface area contributed by atoms with E-state index in [9.17, 15) is 9.18 Å². The molecule has 0 fully saturated rings. The summed E-state index contributed by atoms with van der Waals surface area (Å²) in [4.78, 5) is 11.4. The van der Waals surface area contributed by atoms with Gasteiger partial charge in [-0.1, -0.05) is 12.1 Å². The number of alkyl halides is 1. The molecule has 17 heavy (non-hydrogen) atoms. The molecule has 1 aromatic carbocycles. The molecule has 0 radical (unpaired) electrons. The SMILES string of the molecule is CC(C)(C)OC(=O)C(F)Cc1ccc(N)cc1. The summed E-state index contributed by atoms with van der Waals surface area (Å²) in [5.74, 6) is -0.825. The topological polar surface area (TPSA) is 52.3 Å². The van der Waals surface area contributed by atoms with Crippen LogP contribution >= 0.6 is 0 Å². The molecule has 4 heteroatoms. The Bertz CT molecular complexity index is 381. The van der Waals surface area contributed by atoms with Crippen LogP contribution in [0.3, 0.4) is 0 Å². The van der Waals surface area contributed by atoms with Gasteiger partial charge in [-0.15, -0.1) is 0 Å². The highest BCUT2D eigenvalue weighted by molar-refractivity contribution is 5.75. The van der Waals surface area contributed by atoms with Gasteiger partial charge in [0.05, 0.1) is 0 Å². The summed E-state index contributed by atoms with van der Waals surface area (Å²) in [6, 6.07) is 6.76. The Balaban J connectivity index is 2.57. The number of halogens is 1. The van der Waals surface area contributed by atoms with Crippen LogP contribution in [0, 0.1) is 0 Å². The number of anilines is 1. The van der Waals surface area contributed by atoms with Gasteiger partial charge in [-0.25, -0.2) is 9.18 Å². The van der Waals surface area contributed by atoms with Crippen LogP contribution < -0.4 is 5.73 Å². The highest BCUT2D eigenvalue weighted by Gasteiger charge is 2.24. The third-order valence-corrected chi connectivity index (χ3v) is 2.06. The van der Waals surface area contributed by atoms with Crippen molar-refractivity contribution >= 4 is 11.7 Å². The van der Waals surface area contributed by atoms with Crippen molar-refractivity contribution in [1.29, 1.82) is 0 Å². The van der Waals surface area contributed by atoms with Crippen LogP contribution in [0.15, 0.2) is 24.3 Å². The molecule has 94 valence electrons. The van der Waals surface area contributed by atoms with Gasteiger partial charge in [0.2, 0.25) is 6.17 Å². The molecular formula is C13H18FNO2. The van der Waals surface area contributed by atoms with E-state index in [0.29, 0.717) is 5.69 Å². The molecule has 0 saturated heterocycles. The molecule has 1 unspecified atom stereocenters. The van der Waals surface area contributed by atoms with Crippen molar-refractivity contribution in [3.05, 3.63) is 29.8 Å². The van der Waals surface area contributed by atoms with E-state index in [1.807, 2.05) is 0 Å². The highest BCUT2D eigenvalue weighted by Crippen LogP contribution is 2.14. The molecule has 0 aromatic heterocycles. The number of ether oxygens (including phenoxy) is 1. The van der Waals surface area contributed by atoms with E-state index < -0.39 is 17.7 Å². The van der Waals surface area contributed by atoms with Crippen LogP contribution in [0.25, 0.3) is 0 Å². The molecule has 0 aliphatic rings. The zero-order valence-electron chi connectivity index (χ0n) is 10.4. The Hall–Kier alpha value is -1.58.